The van der Waals surface area contributed by atoms with Crippen LogP contribution in [-0.2, 0) is 5.75 Å². The minimum absolute atomic E-state index is 0.0898. The van der Waals surface area contributed by atoms with Gasteiger partial charge in [-0.2, -0.15) is 0 Å². The van der Waals surface area contributed by atoms with Gasteiger partial charge in [0.15, 0.2) is 4.34 Å². The number of benzene rings is 1. The van der Waals surface area contributed by atoms with Gasteiger partial charge in [-0.3, -0.25) is 9.20 Å². The van der Waals surface area contributed by atoms with Crippen molar-refractivity contribution in [1.82, 2.24) is 14.4 Å². The van der Waals surface area contributed by atoms with E-state index in [2.05, 4.69) is 25.9 Å². The molecule has 0 spiro atoms. The van der Waals surface area contributed by atoms with Crippen LogP contribution in [0.2, 0.25) is 5.02 Å². The number of thioether (sulfide) groups is 1. The van der Waals surface area contributed by atoms with Crippen molar-refractivity contribution in [2.24, 2.45) is 0 Å². The Kier molecular flexibility index (Phi) is 4.34. The van der Waals surface area contributed by atoms with E-state index in [0.29, 0.717) is 16.4 Å². The summed E-state index contributed by atoms with van der Waals surface area (Å²) in [6, 6.07) is 10.9. The predicted octanol–water partition coefficient (Wildman–Crippen LogP) is 5.01. The minimum Gasteiger partial charge on any atom is -0.269 e. The molecule has 0 saturated carbocycles. The van der Waals surface area contributed by atoms with Crippen molar-refractivity contribution < 1.29 is 0 Å². The molecule has 8 heteroatoms. The molecule has 0 aliphatic carbocycles. The lowest BCUT2D eigenvalue weighted by Gasteiger charge is -2.03. The normalized spacial score (nSPS) is 11.4. The van der Waals surface area contributed by atoms with Crippen LogP contribution in [0, 0.1) is 0 Å². The van der Waals surface area contributed by atoms with Gasteiger partial charge >= 0.3 is 0 Å². The van der Waals surface area contributed by atoms with Gasteiger partial charge in [0.2, 0.25) is 0 Å². The van der Waals surface area contributed by atoms with Crippen LogP contribution < -0.4 is 5.56 Å². The first kappa shape index (κ1) is 16.1. The van der Waals surface area contributed by atoms with Crippen molar-refractivity contribution in [2.75, 3.05) is 0 Å². The molecule has 4 rings (SSSR count). The van der Waals surface area contributed by atoms with Crippen LogP contribution in [0.4, 0.5) is 0 Å². The zero-order valence-electron chi connectivity index (χ0n) is 12.1. The SMILES string of the molecule is O=c1cc(CSc2nc3cc(Cl)ccc3s2)nc2ccc(Br)cn12. The quantitative estimate of drug-likeness (QED) is 0.422. The van der Waals surface area contributed by atoms with Crippen LogP contribution in [-0.4, -0.2) is 14.4 Å². The monoisotopic (exact) mass is 437 g/mol. The largest absolute Gasteiger partial charge is 0.269 e. The second kappa shape index (κ2) is 6.48. The molecule has 0 radical (unpaired) electrons. The van der Waals surface area contributed by atoms with Gasteiger partial charge in [-0.15, -0.1) is 11.3 Å². The Labute approximate surface area is 158 Å². The maximum Gasteiger partial charge on any atom is 0.258 e. The molecule has 120 valence electrons. The number of halogens is 2. The van der Waals surface area contributed by atoms with Gasteiger partial charge in [0.25, 0.3) is 5.56 Å². The molecule has 0 aliphatic rings. The Morgan fingerprint density at radius 1 is 1.21 bits per heavy atom. The van der Waals surface area contributed by atoms with E-state index in [1.54, 1.807) is 35.4 Å². The number of nitrogens with zero attached hydrogens (tertiary/aromatic N) is 3. The average Bonchev–Trinajstić information content (AvgIpc) is 2.95. The fraction of sp³-hybridized carbons (Fsp3) is 0.0625. The number of fused-ring (bicyclic) bond motifs is 2. The highest BCUT2D eigenvalue weighted by Crippen LogP contribution is 2.32. The summed E-state index contributed by atoms with van der Waals surface area (Å²) in [6.07, 6.45) is 1.72. The van der Waals surface area contributed by atoms with Gasteiger partial charge in [-0.1, -0.05) is 23.4 Å². The van der Waals surface area contributed by atoms with E-state index in [1.165, 1.54) is 4.40 Å². The molecule has 0 aliphatic heterocycles. The second-order valence-electron chi connectivity index (χ2n) is 5.04. The number of thiazole rings is 1. The Hall–Kier alpha value is -1.41. The van der Waals surface area contributed by atoms with E-state index in [-0.39, 0.29) is 5.56 Å². The minimum atomic E-state index is -0.0898. The number of rotatable bonds is 3. The van der Waals surface area contributed by atoms with Gasteiger partial charge in [0, 0.05) is 27.5 Å². The van der Waals surface area contributed by atoms with Gasteiger partial charge in [0.05, 0.1) is 15.9 Å². The maximum absolute atomic E-state index is 12.2. The summed E-state index contributed by atoms with van der Waals surface area (Å²) in [5, 5.41) is 0.680. The highest BCUT2D eigenvalue weighted by molar-refractivity contribution is 9.10. The Balaban J connectivity index is 1.61. The summed E-state index contributed by atoms with van der Waals surface area (Å²) in [4.78, 5) is 21.3. The topological polar surface area (TPSA) is 47.3 Å². The smallest absolute Gasteiger partial charge is 0.258 e. The van der Waals surface area contributed by atoms with Crippen molar-refractivity contribution >= 4 is 66.5 Å². The molecule has 4 nitrogen and oxygen atoms in total. The highest BCUT2D eigenvalue weighted by atomic mass is 79.9. The molecule has 0 N–H and O–H groups in total. The summed E-state index contributed by atoms with van der Waals surface area (Å²) in [5.74, 6) is 0.593. The van der Waals surface area contributed by atoms with Crippen molar-refractivity contribution in [2.45, 2.75) is 10.1 Å². The molecular weight excluding hydrogens is 430 g/mol. The Bertz CT molecular complexity index is 1130. The predicted molar refractivity (Wildman–Crippen MR) is 103 cm³/mol. The zero-order chi connectivity index (χ0) is 16.7. The third-order valence-electron chi connectivity index (χ3n) is 3.35. The molecule has 3 heterocycles. The summed E-state index contributed by atoms with van der Waals surface area (Å²) in [5.41, 5.74) is 2.18. The number of aromatic nitrogens is 3. The van der Waals surface area contributed by atoms with Crippen molar-refractivity contribution in [3.05, 3.63) is 68.1 Å². The summed E-state index contributed by atoms with van der Waals surface area (Å²) >= 11 is 12.5. The molecule has 3 aromatic heterocycles. The van der Waals surface area contributed by atoms with Gasteiger partial charge in [0.1, 0.15) is 5.65 Å². The molecule has 0 saturated heterocycles. The molecule has 0 bridgehead atoms. The fourth-order valence-electron chi connectivity index (χ4n) is 2.28. The number of hydrogen-bond donors (Lipinski definition) is 0. The van der Waals surface area contributed by atoms with Gasteiger partial charge < -0.3 is 0 Å². The van der Waals surface area contributed by atoms with Crippen LogP contribution in [0.1, 0.15) is 5.69 Å². The third-order valence-corrected chi connectivity index (χ3v) is 6.27. The molecule has 0 atom stereocenters. The van der Waals surface area contributed by atoms with E-state index in [0.717, 1.165) is 24.7 Å². The molecule has 4 aromatic rings. The van der Waals surface area contributed by atoms with E-state index in [4.69, 9.17) is 11.6 Å². The third kappa shape index (κ3) is 3.21. The van der Waals surface area contributed by atoms with E-state index >= 15 is 0 Å². The fourth-order valence-corrected chi connectivity index (χ4v) is 4.72. The van der Waals surface area contributed by atoms with Crippen molar-refractivity contribution in [3.8, 4) is 0 Å². The Morgan fingerprint density at radius 3 is 2.96 bits per heavy atom. The summed E-state index contributed by atoms with van der Waals surface area (Å²) in [6.45, 7) is 0. The first-order chi connectivity index (χ1) is 11.6. The second-order valence-corrected chi connectivity index (χ2v) is 8.65. The molecule has 1 aromatic carbocycles. The van der Waals surface area contributed by atoms with Gasteiger partial charge in [-0.25, -0.2) is 9.97 Å². The first-order valence-corrected chi connectivity index (χ1v) is 9.92. The summed E-state index contributed by atoms with van der Waals surface area (Å²) < 4.78 is 4.40. The standard InChI is InChI=1S/C16H9BrClN3OS2/c17-9-1-4-14-19-11(6-15(22)21(14)7-9)8-23-16-20-12-5-10(18)2-3-13(12)24-16/h1-7H,8H2. The van der Waals surface area contributed by atoms with Crippen LogP contribution >= 0.6 is 50.6 Å². The lowest BCUT2D eigenvalue weighted by molar-refractivity contribution is 1.01. The van der Waals surface area contributed by atoms with Crippen LogP contribution in [0.15, 0.2) is 56.2 Å². The number of hydrogen-bond acceptors (Lipinski definition) is 5. The molecule has 0 unspecified atom stereocenters. The summed E-state index contributed by atoms with van der Waals surface area (Å²) in [7, 11) is 0. The zero-order valence-corrected chi connectivity index (χ0v) is 16.0. The van der Waals surface area contributed by atoms with E-state index in [9.17, 15) is 4.79 Å². The van der Waals surface area contributed by atoms with Gasteiger partial charge in [-0.05, 0) is 46.3 Å². The molecule has 0 fully saturated rings. The van der Waals surface area contributed by atoms with Crippen LogP contribution in [0.5, 0.6) is 0 Å². The lowest BCUT2D eigenvalue weighted by atomic mass is 10.3. The average molecular weight is 439 g/mol. The first-order valence-electron chi connectivity index (χ1n) is 6.95. The molecule has 24 heavy (non-hydrogen) atoms. The molecule has 0 amide bonds. The maximum atomic E-state index is 12.2. The Morgan fingerprint density at radius 2 is 2.08 bits per heavy atom. The van der Waals surface area contributed by atoms with Crippen molar-refractivity contribution in [1.29, 1.82) is 0 Å². The van der Waals surface area contributed by atoms with Crippen LogP contribution in [0.25, 0.3) is 15.9 Å². The highest BCUT2D eigenvalue weighted by Gasteiger charge is 2.08. The van der Waals surface area contributed by atoms with Crippen molar-refractivity contribution in [3.63, 3.8) is 0 Å². The van der Waals surface area contributed by atoms with E-state index in [1.807, 2.05) is 30.3 Å². The molecular formula is C16H9BrClN3OS2. The number of pyridine rings is 1. The lowest BCUT2D eigenvalue weighted by Crippen LogP contribution is -2.15. The van der Waals surface area contributed by atoms with Crippen LogP contribution in [0.3, 0.4) is 0 Å². The van der Waals surface area contributed by atoms with E-state index < -0.39 is 0 Å².